The van der Waals surface area contributed by atoms with E-state index in [2.05, 4.69) is 39.1 Å². The second-order valence-electron chi connectivity index (χ2n) is 8.01. The first-order valence-corrected chi connectivity index (χ1v) is 9.37. The molecule has 4 bridgehead atoms. The van der Waals surface area contributed by atoms with Crippen LogP contribution in [0.5, 0.6) is 11.5 Å². The molecule has 7 rings (SSSR count). The number of ether oxygens (including phenoxy) is 2. The van der Waals surface area contributed by atoms with Crippen LogP contribution in [0.4, 0.5) is 0 Å². The summed E-state index contributed by atoms with van der Waals surface area (Å²) in [4.78, 5) is 0. The Balaban J connectivity index is 1.73. The Bertz CT molecular complexity index is 795. The lowest BCUT2D eigenvalue weighted by Crippen LogP contribution is -2.76. The third kappa shape index (κ3) is 1.21. The number of fused-ring (bicyclic) bond motifs is 1. The van der Waals surface area contributed by atoms with Gasteiger partial charge in [0.05, 0.1) is 14.9 Å². The van der Waals surface area contributed by atoms with Crippen molar-refractivity contribution in [3.8, 4) is 11.5 Å². The normalized spacial score (nSPS) is 45.8. The highest BCUT2D eigenvalue weighted by Gasteiger charge is 2.76. The molecule has 1 aromatic carbocycles. The molecule has 1 saturated heterocycles. The van der Waals surface area contributed by atoms with Gasteiger partial charge in [-0.3, -0.25) is 0 Å². The van der Waals surface area contributed by atoms with E-state index in [0.717, 1.165) is 37.3 Å². The van der Waals surface area contributed by atoms with E-state index in [1.165, 1.54) is 17.5 Å². The van der Waals surface area contributed by atoms with Crippen molar-refractivity contribution in [2.75, 3.05) is 13.7 Å². The van der Waals surface area contributed by atoms with Gasteiger partial charge in [-0.25, -0.2) is 0 Å². The van der Waals surface area contributed by atoms with E-state index in [1.807, 2.05) is 7.11 Å². The van der Waals surface area contributed by atoms with Gasteiger partial charge in [-0.1, -0.05) is 18.2 Å². The number of nitrogens with one attached hydrogen (secondary N) is 1. The average molecular weight is 343 g/mol. The molecule has 0 aromatic heterocycles. The number of piperidine rings is 1. The number of hydrogen-bond donors (Lipinski definition) is 1. The van der Waals surface area contributed by atoms with Gasteiger partial charge in [0, 0.05) is 24.1 Å². The fourth-order valence-electron chi connectivity index (χ4n) is 6.73. The molecule has 4 aliphatic carbocycles. The van der Waals surface area contributed by atoms with Gasteiger partial charge in [0.1, 0.15) is 11.7 Å². The van der Waals surface area contributed by atoms with E-state index in [-0.39, 0.29) is 22.5 Å². The predicted octanol–water partition coefficient (Wildman–Crippen LogP) is 2.51. The minimum atomic E-state index is -0.310. The van der Waals surface area contributed by atoms with E-state index >= 15 is 0 Å². The molecule has 5 heteroatoms. The zero-order valence-corrected chi connectivity index (χ0v) is 15.0. The minimum Gasteiger partial charge on any atom is -0.482 e. The zero-order chi connectivity index (χ0) is 16.2. The molecule has 1 N–H and O–H groups in total. The molecule has 4 nitrogen and oxygen atoms in total. The number of methoxy groups -OCH3 is 1. The largest absolute Gasteiger partial charge is 0.482 e. The molecule has 126 valence electrons. The maximum atomic E-state index is 6.68. The van der Waals surface area contributed by atoms with Crippen LogP contribution in [0.3, 0.4) is 0 Å². The van der Waals surface area contributed by atoms with Crippen LogP contribution < -0.4 is 14.6 Å². The highest BCUT2D eigenvalue weighted by molar-refractivity contribution is 7.10. The molecule has 1 aromatic rings. The Kier molecular flexibility index (Phi) is 2.46. The van der Waals surface area contributed by atoms with Crippen molar-refractivity contribution in [2.45, 2.75) is 48.8 Å². The lowest BCUT2D eigenvalue weighted by atomic mass is 9.39. The fraction of sp³-hybridized carbons (Fsp3) is 0.579. The molecule has 0 amide bonds. The van der Waals surface area contributed by atoms with Gasteiger partial charge in [-0.15, -0.1) is 0 Å². The standard InChI is InChI=1S/C19H22NO3P/c1-21-18-6-4-17(5-7-18)13-10-11-2-3-12(23-24)15-14(11)19(17,8-9-20-13)16(18)22-15/h2-4,6,13,16,20H,5,7-10,24H2,1H3/t13-,16+,17-,18-,19+/m1/s1. The summed E-state index contributed by atoms with van der Waals surface area (Å²) in [6.45, 7) is 1.05. The van der Waals surface area contributed by atoms with Crippen molar-refractivity contribution in [2.24, 2.45) is 5.41 Å². The van der Waals surface area contributed by atoms with Crippen LogP contribution in [0.25, 0.3) is 0 Å². The Morgan fingerprint density at radius 2 is 2.17 bits per heavy atom. The molecular formula is C19H22NO3P. The summed E-state index contributed by atoms with van der Waals surface area (Å²) in [7, 11) is 4.21. The summed E-state index contributed by atoms with van der Waals surface area (Å²) < 4.78 is 18.4. The summed E-state index contributed by atoms with van der Waals surface area (Å²) >= 11 is 0. The summed E-state index contributed by atoms with van der Waals surface area (Å²) in [6, 6.07) is 4.78. The van der Waals surface area contributed by atoms with E-state index in [1.54, 1.807) is 0 Å². The van der Waals surface area contributed by atoms with Gasteiger partial charge in [0.2, 0.25) is 0 Å². The fourth-order valence-corrected chi connectivity index (χ4v) is 6.92. The summed E-state index contributed by atoms with van der Waals surface area (Å²) in [5, 5.41) is 3.82. The van der Waals surface area contributed by atoms with Crippen molar-refractivity contribution in [3.63, 3.8) is 0 Å². The third-order valence-electron chi connectivity index (χ3n) is 7.67. The van der Waals surface area contributed by atoms with Crippen molar-refractivity contribution >= 4 is 9.47 Å². The molecule has 0 radical (unpaired) electrons. The maximum Gasteiger partial charge on any atom is 0.166 e. The maximum absolute atomic E-state index is 6.68. The summed E-state index contributed by atoms with van der Waals surface area (Å²) in [6.07, 6.45) is 9.20. The predicted molar refractivity (Wildman–Crippen MR) is 93.5 cm³/mol. The van der Waals surface area contributed by atoms with Gasteiger partial charge in [0.15, 0.2) is 11.5 Å². The Hall–Kier alpha value is -1.09. The topological polar surface area (TPSA) is 39.7 Å². The number of hydrogen-bond acceptors (Lipinski definition) is 4. The number of rotatable bonds is 2. The zero-order valence-electron chi connectivity index (χ0n) is 13.8. The highest BCUT2D eigenvalue weighted by Crippen LogP contribution is 2.72. The smallest absolute Gasteiger partial charge is 0.166 e. The van der Waals surface area contributed by atoms with Gasteiger partial charge in [-0.2, -0.15) is 0 Å². The first-order chi connectivity index (χ1) is 11.7. The number of benzene rings is 1. The SMILES string of the molecule is CO[C@]12C=C[C@@]3(CC1)[C@H]1Cc4ccc(OP)c5c4[C@@]3(CCN1)[C@H]2O5. The quantitative estimate of drug-likeness (QED) is 0.662. The summed E-state index contributed by atoms with van der Waals surface area (Å²) in [5.74, 6) is 1.80. The molecule has 2 fully saturated rings. The van der Waals surface area contributed by atoms with Crippen LogP contribution >= 0.6 is 9.47 Å². The summed E-state index contributed by atoms with van der Waals surface area (Å²) in [5.41, 5.74) is 2.70. The second-order valence-corrected chi connectivity index (χ2v) is 8.24. The highest BCUT2D eigenvalue weighted by atomic mass is 31.0. The second kappa shape index (κ2) is 4.17. The minimum absolute atomic E-state index is 0.0219. The Labute approximate surface area is 144 Å². The Morgan fingerprint density at radius 3 is 2.92 bits per heavy atom. The van der Waals surface area contributed by atoms with E-state index in [4.69, 9.17) is 14.0 Å². The van der Waals surface area contributed by atoms with Crippen molar-refractivity contribution < 1.29 is 14.0 Å². The first kappa shape index (κ1) is 14.1. The molecular weight excluding hydrogens is 321 g/mol. The van der Waals surface area contributed by atoms with Gasteiger partial charge in [0.25, 0.3) is 0 Å². The van der Waals surface area contributed by atoms with Gasteiger partial charge in [-0.05, 0) is 43.9 Å². The van der Waals surface area contributed by atoms with Crippen molar-refractivity contribution in [1.29, 1.82) is 0 Å². The molecule has 2 heterocycles. The van der Waals surface area contributed by atoms with E-state index < -0.39 is 0 Å². The molecule has 6 aliphatic rings. The monoisotopic (exact) mass is 343 g/mol. The molecule has 2 spiro atoms. The molecule has 6 atom stereocenters. The molecule has 24 heavy (non-hydrogen) atoms. The van der Waals surface area contributed by atoms with Gasteiger partial charge < -0.3 is 19.3 Å². The van der Waals surface area contributed by atoms with E-state index in [9.17, 15) is 0 Å². The van der Waals surface area contributed by atoms with Crippen LogP contribution in [-0.4, -0.2) is 31.4 Å². The van der Waals surface area contributed by atoms with Crippen LogP contribution in [0, 0.1) is 5.41 Å². The van der Waals surface area contributed by atoms with Crippen LogP contribution in [0.15, 0.2) is 24.3 Å². The van der Waals surface area contributed by atoms with E-state index in [0.29, 0.717) is 6.04 Å². The van der Waals surface area contributed by atoms with Crippen molar-refractivity contribution in [3.05, 3.63) is 35.4 Å². The lowest BCUT2D eigenvalue weighted by molar-refractivity contribution is -0.170. The lowest BCUT2D eigenvalue weighted by Gasteiger charge is -2.67. The van der Waals surface area contributed by atoms with Crippen LogP contribution in [0.2, 0.25) is 0 Å². The van der Waals surface area contributed by atoms with Crippen molar-refractivity contribution in [1.82, 2.24) is 5.32 Å². The molecule has 2 aliphatic heterocycles. The third-order valence-corrected chi connectivity index (χ3v) is 7.92. The average Bonchev–Trinajstić information content (AvgIpc) is 2.98. The first-order valence-electron chi connectivity index (χ1n) is 8.89. The van der Waals surface area contributed by atoms with Gasteiger partial charge >= 0.3 is 0 Å². The molecule has 1 unspecified atom stereocenters. The Morgan fingerprint density at radius 1 is 1.25 bits per heavy atom. The van der Waals surface area contributed by atoms with Crippen LogP contribution in [0.1, 0.15) is 30.4 Å². The molecule has 1 saturated carbocycles. The van der Waals surface area contributed by atoms with Crippen LogP contribution in [-0.2, 0) is 16.6 Å².